The number of nitriles is 1. The van der Waals surface area contributed by atoms with Gasteiger partial charge in [-0.2, -0.15) is 5.26 Å². The van der Waals surface area contributed by atoms with E-state index in [1.807, 2.05) is 23.1 Å². The van der Waals surface area contributed by atoms with E-state index in [2.05, 4.69) is 28.9 Å². The molecule has 172 valence electrons. The minimum absolute atomic E-state index is 0.0962. The van der Waals surface area contributed by atoms with Crippen LogP contribution < -0.4 is 5.32 Å². The molecule has 1 fully saturated rings. The summed E-state index contributed by atoms with van der Waals surface area (Å²) in [5.74, 6) is -0.613. The highest BCUT2D eigenvalue weighted by atomic mass is 16.5. The molecule has 0 spiro atoms. The first-order chi connectivity index (χ1) is 15.5. The molecule has 1 aromatic carbocycles. The van der Waals surface area contributed by atoms with Crippen molar-refractivity contribution in [3.63, 3.8) is 0 Å². The lowest BCUT2D eigenvalue weighted by molar-refractivity contribution is -0.142. The summed E-state index contributed by atoms with van der Waals surface area (Å²) in [5, 5.41) is 22.8. The van der Waals surface area contributed by atoms with Crippen LogP contribution in [0.15, 0.2) is 24.3 Å². The molecular formula is C24H32N4O4. The number of benzene rings is 1. The van der Waals surface area contributed by atoms with Crippen LogP contribution in [0.4, 0.5) is 0 Å². The number of aromatic nitrogens is 1. The molecular weight excluding hydrogens is 408 g/mol. The molecule has 3 rings (SSSR count). The monoisotopic (exact) mass is 440 g/mol. The second kappa shape index (κ2) is 11.1. The third-order valence-corrected chi connectivity index (χ3v) is 6.11. The van der Waals surface area contributed by atoms with Crippen LogP contribution >= 0.6 is 0 Å². The second-order valence-electron chi connectivity index (χ2n) is 8.05. The molecule has 2 aromatic rings. The number of fused-ring (bicyclic) bond motifs is 1. The molecule has 0 radical (unpaired) electrons. The average Bonchev–Trinajstić information content (AvgIpc) is 3.41. The van der Waals surface area contributed by atoms with Gasteiger partial charge in [0.2, 0.25) is 5.91 Å². The van der Waals surface area contributed by atoms with E-state index in [0.717, 1.165) is 43.1 Å². The molecule has 1 aliphatic heterocycles. The zero-order chi connectivity index (χ0) is 23.1. The first-order valence-electron chi connectivity index (χ1n) is 11.3. The molecule has 1 aromatic heterocycles. The number of hydrogen-bond acceptors (Lipinski definition) is 6. The lowest BCUT2D eigenvalue weighted by Crippen LogP contribution is -2.51. The van der Waals surface area contributed by atoms with Gasteiger partial charge in [0, 0.05) is 30.3 Å². The van der Waals surface area contributed by atoms with Gasteiger partial charge in [-0.1, -0.05) is 6.07 Å². The van der Waals surface area contributed by atoms with E-state index in [1.54, 1.807) is 6.92 Å². The van der Waals surface area contributed by atoms with E-state index >= 15 is 0 Å². The van der Waals surface area contributed by atoms with Crippen molar-refractivity contribution in [1.82, 2.24) is 14.8 Å². The topological polar surface area (TPSA) is 108 Å². The van der Waals surface area contributed by atoms with Crippen LogP contribution in [0.5, 0.6) is 0 Å². The molecule has 1 amide bonds. The number of likely N-dealkylation sites (tertiary alicyclic amines) is 1. The summed E-state index contributed by atoms with van der Waals surface area (Å²) in [4.78, 5) is 26.5. The largest absolute Gasteiger partial charge is 0.465 e. The third kappa shape index (κ3) is 5.29. The van der Waals surface area contributed by atoms with Crippen molar-refractivity contribution in [2.75, 3.05) is 26.3 Å². The van der Waals surface area contributed by atoms with Gasteiger partial charge >= 0.3 is 5.97 Å². The minimum atomic E-state index is -0.813. The molecule has 32 heavy (non-hydrogen) atoms. The normalized spacial score (nSPS) is 16.8. The Kier molecular flexibility index (Phi) is 8.26. The van der Waals surface area contributed by atoms with Crippen molar-refractivity contribution >= 4 is 22.8 Å². The number of hydrogen-bond donors (Lipinski definition) is 2. The van der Waals surface area contributed by atoms with E-state index < -0.39 is 12.0 Å². The highest BCUT2D eigenvalue weighted by Crippen LogP contribution is 2.26. The standard InChI is InChI=1S/C24H32N4O4/c1-3-27-20(13-18-8-7-17(14-25)12-22(18)27)10-9-19-6-5-11-28(19)24(31)21(16-29)26-15-23(30)32-4-2/h7-8,12-13,19,21,26,29H,3-6,9-11,15-16H2,1-2H3/t19-,21+/m0/s1. The van der Waals surface area contributed by atoms with Gasteiger partial charge in [-0.3, -0.25) is 14.9 Å². The minimum Gasteiger partial charge on any atom is -0.465 e. The number of aryl methyl sites for hydroxylation is 2. The number of esters is 1. The molecule has 0 aliphatic carbocycles. The fraction of sp³-hybridized carbons (Fsp3) is 0.542. The maximum atomic E-state index is 13.0. The van der Waals surface area contributed by atoms with Gasteiger partial charge in [-0.15, -0.1) is 0 Å². The van der Waals surface area contributed by atoms with Gasteiger partial charge < -0.3 is 19.3 Å². The lowest BCUT2D eigenvalue weighted by Gasteiger charge is -2.28. The maximum Gasteiger partial charge on any atom is 0.319 e. The number of nitrogens with one attached hydrogen (secondary N) is 1. The van der Waals surface area contributed by atoms with Crippen molar-refractivity contribution in [2.45, 2.75) is 58.2 Å². The first-order valence-corrected chi connectivity index (χ1v) is 11.3. The molecule has 0 saturated carbocycles. The summed E-state index contributed by atoms with van der Waals surface area (Å²) in [6.07, 6.45) is 3.49. The van der Waals surface area contributed by atoms with Crippen molar-refractivity contribution < 1.29 is 19.4 Å². The second-order valence-corrected chi connectivity index (χ2v) is 8.05. The predicted molar refractivity (Wildman–Crippen MR) is 121 cm³/mol. The number of nitrogens with zero attached hydrogens (tertiary/aromatic N) is 3. The fourth-order valence-corrected chi connectivity index (χ4v) is 4.55. The maximum absolute atomic E-state index is 13.0. The zero-order valence-corrected chi connectivity index (χ0v) is 18.8. The van der Waals surface area contributed by atoms with Crippen LogP contribution in [0.3, 0.4) is 0 Å². The van der Waals surface area contributed by atoms with Crippen LogP contribution in [0.25, 0.3) is 10.9 Å². The smallest absolute Gasteiger partial charge is 0.319 e. The highest BCUT2D eigenvalue weighted by Gasteiger charge is 2.33. The zero-order valence-electron chi connectivity index (χ0n) is 18.8. The molecule has 0 unspecified atom stereocenters. The number of ether oxygens (including phenoxy) is 1. The summed E-state index contributed by atoms with van der Waals surface area (Å²) in [6, 6.07) is 9.39. The van der Waals surface area contributed by atoms with E-state index in [1.165, 1.54) is 5.69 Å². The number of amides is 1. The van der Waals surface area contributed by atoms with Crippen molar-refractivity contribution in [3.8, 4) is 6.07 Å². The average molecular weight is 441 g/mol. The highest BCUT2D eigenvalue weighted by molar-refractivity contribution is 5.84. The molecule has 8 heteroatoms. The van der Waals surface area contributed by atoms with Crippen molar-refractivity contribution in [1.29, 1.82) is 5.26 Å². The molecule has 1 saturated heterocycles. The van der Waals surface area contributed by atoms with E-state index in [4.69, 9.17) is 4.74 Å². The predicted octanol–water partition coefficient (Wildman–Crippen LogP) is 1.97. The fourth-order valence-electron chi connectivity index (χ4n) is 4.55. The number of aliphatic hydroxyl groups is 1. The summed E-state index contributed by atoms with van der Waals surface area (Å²) < 4.78 is 7.11. The summed E-state index contributed by atoms with van der Waals surface area (Å²) >= 11 is 0. The Hall–Kier alpha value is -2.89. The number of carbonyl (C=O) groups excluding carboxylic acids is 2. The molecule has 0 bridgehead atoms. The Morgan fingerprint density at radius 2 is 2.16 bits per heavy atom. The van der Waals surface area contributed by atoms with Gasteiger partial charge in [0.05, 0.1) is 31.4 Å². The molecule has 1 aliphatic rings. The Morgan fingerprint density at radius 1 is 1.34 bits per heavy atom. The first kappa shape index (κ1) is 23.8. The number of rotatable bonds is 10. The Balaban J connectivity index is 1.66. The van der Waals surface area contributed by atoms with Crippen LogP contribution in [-0.2, 0) is 27.3 Å². The van der Waals surface area contributed by atoms with Crippen molar-refractivity contribution in [3.05, 3.63) is 35.5 Å². The van der Waals surface area contributed by atoms with E-state index in [-0.39, 0.29) is 31.7 Å². The Bertz CT molecular complexity index is 994. The molecule has 2 heterocycles. The summed E-state index contributed by atoms with van der Waals surface area (Å²) in [5.41, 5.74) is 2.90. The van der Waals surface area contributed by atoms with Crippen LogP contribution in [0.1, 0.15) is 44.4 Å². The van der Waals surface area contributed by atoms with E-state index in [9.17, 15) is 20.0 Å². The van der Waals surface area contributed by atoms with Gasteiger partial charge in [-0.05, 0) is 63.1 Å². The third-order valence-electron chi connectivity index (χ3n) is 6.11. The van der Waals surface area contributed by atoms with Crippen LogP contribution in [0.2, 0.25) is 0 Å². The quantitative estimate of drug-likeness (QED) is 0.547. The Morgan fingerprint density at radius 3 is 2.84 bits per heavy atom. The van der Waals surface area contributed by atoms with Gasteiger partial charge in [0.15, 0.2) is 0 Å². The molecule has 2 atom stereocenters. The Labute approximate surface area is 188 Å². The summed E-state index contributed by atoms with van der Waals surface area (Å²) in [7, 11) is 0. The number of carbonyl (C=O) groups is 2. The van der Waals surface area contributed by atoms with Gasteiger partial charge in [0.1, 0.15) is 6.04 Å². The van der Waals surface area contributed by atoms with Gasteiger partial charge in [-0.25, -0.2) is 0 Å². The summed E-state index contributed by atoms with van der Waals surface area (Å²) in [6.45, 7) is 5.08. The van der Waals surface area contributed by atoms with Crippen LogP contribution in [0, 0.1) is 11.3 Å². The van der Waals surface area contributed by atoms with Crippen molar-refractivity contribution in [2.24, 2.45) is 0 Å². The lowest BCUT2D eigenvalue weighted by atomic mass is 10.1. The van der Waals surface area contributed by atoms with E-state index in [0.29, 0.717) is 12.1 Å². The number of aliphatic hydroxyl groups excluding tert-OH is 1. The van der Waals surface area contributed by atoms with Gasteiger partial charge in [0.25, 0.3) is 0 Å². The SMILES string of the molecule is CCOC(=O)CN[C@H](CO)C(=O)N1CCC[C@H]1CCc1cc2ccc(C#N)cc2n1CC. The van der Waals surface area contributed by atoms with Crippen LogP contribution in [-0.4, -0.2) is 64.8 Å². The molecule has 8 nitrogen and oxygen atoms in total. The molecule has 2 N–H and O–H groups in total.